The second-order valence-electron chi connectivity index (χ2n) is 4.41. The van der Waals surface area contributed by atoms with E-state index in [2.05, 4.69) is 5.32 Å². The molecule has 1 atom stereocenters. The minimum atomic E-state index is -0.871. The standard InChI is InChI=1S/C12H20N2O5/c1-2-19-10(15)5-6-13-12(18)14-7-3-4-9(8-14)11(16)17/h9H,2-8H2,1H3,(H,13,18)(H,16,17)/t9-/m0/s1. The molecule has 0 spiro atoms. The molecule has 2 N–H and O–H groups in total. The summed E-state index contributed by atoms with van der Waals surface area (Å²) in [5.74, 6) is -1.72. The Labute approximate surface area is 111 Å². The quantitative estimate of drug-likeness (QED) is 0.708. The summed E-state index contributed by atoms with van der Waals surface area (Å²) in [6, 6.07) is -0.324. The number of piperidine rings is 1. The minimum Gasteiger partial charge on any atom is -0.481 e. The Morgan fingerprint density at radius 1 is 1.42 bits per heavy atom. The van der Waals surface area contributed by atoms with Gasteiger partial charge in [0.2, 0.25) is 0 Å². The maximum Gasteiger partial charge on any atom is 0.317 e. The number of carboxylic acid groups (broad SMARTS) is 1. The molecule has 2 amide bonds. The van der Waals surface area contributed by atoms with Crippen molar-refractivity contribution in [3.05, 3.63) is 0 Å². The number of carbonyl (C=O) groups is 3. The molecule has 0 aromatic heterocycles. The van der Waals surface area contributed by atoms with Gasteiger partial charge in [0.05, 0.1) is 18.9 Å². The van der Waals surface area contributed by atoms with E-state index in [9.17, 15) is 14.4 Å². The highest BCUT2D eigenvalue weighted by molar-refractivity contribution is 5.77. The van der Waals surface area contributed by atoms with E-state index in [0.29, 0.717) is 26.0 Å². The summed E-state index contributed by atoms with van der Waals surface area (Å²) in [7, 11) is 0. The van der Waals surface area contributed by atoms with E-state index < -0.39 is 11.9 Å². The van der Waals surface area contributed by atoms with Crippen LogP contribution in [-0.2, 0) is 14.3 Å². The van der Waals surface area contributed by atoms with Gasteiger partial charge < -0.3 is 20.1 Å². The molecule has 0 unspecified atom stereocenters. The first-order valence-corrected chi connectivity index (χ1v) is 6.45. The summed E-state index contributed by atoms with van der Waals surface area (Å²) in [6.07, 6.45) is 1.40. The molecule has 0 saturated carbocycles. The Morgan fingerprint density at radius 2 is 2.16 bits per heavy atom. The van der Waals surface area contributed by atoms with Gasteiger partial charge in [-0.05, 0) is 19.8 Å². The molecule has 0 aromatic rings. The first-order chi connectivity index (χ1) is 9.04. The van der Waals surface area contributed by atoms with Crippen molar-refractivity contribution in [2.75, 3.05) is 26.2 Å². The van der Waals surface area contributed by atoms with Crippen LogP contribution in [0.1, 0.15) is 26.2 Å². The van der Waals surface area contributed by atoms with E-state index in [1.807, 2.05) is 0 Å². The van der Waals surface area contributed by atoms with Crippen LogP contribution in [0.5, 0.6) is 0 Å². The van der Waals surface area contributed by atoms with Crippen LogP contribution in [0.25, 0.3) is 0 Å². The summed E-state index contributed by atoms with van der Waals surface area (Å²) in [5.41, 5.74) is 0. The SMILES string of the molecule is CCOC(=O)CCNC(=O)N1CCC[C@H](C(=O)O)C1. The molecule has 0 bridgehead atoms. The molecule has 7 nitrogen and oxygen atoms in total. The molecule has 1 fully saturated rings. The normalized spacial score (nSPS) is 18.8. The molecule has 1 aliphatic heterocycles. The molecule has 1 aliphatic rings. The van der Waals surface area contributed by atoms with Gasteiger partial charge in [0.1, 0.15) is 0 Å². The summed E-state index contributed by atoms with van der Waals surface area (Å²) < 4.78 is 4.74. The largest absolute Gasteiger partial charge is 0.481 e. The molecule has 108 valence electrons. The average Bonchev–Trinajstić information content (AvgIpc) is 2.39. The number of amides is 2. The number of nitrogens with zero attached hydrogens (tertiary/aromatic N) is 1. The molecule has 0 aliphatic carbocycles. The summed E-state index contributed by atoms with van der Waals surface area (Å²) in [4.78, 5) is 35.2. The van der Waals surface area contributed by atoms with Crippen molar-refractivity contribution in [1.82, 2.24) is 10.2 Å². The zero-order valence-electron chi connectivity index (χ0n) is 11.1. The summed E-state index contributed by atoms with van der Waals surface area (Å²) >= 11 is 0. The highest BCUT2D eigenvalue weighted by Gasteiger charge is 2.27. The fourth-order valence-electron chi connectivity index (χ4n) is 1.98. The van der Waals surface area contributed by atoms with E-state index in [1.165, 1.54) is 4.90 Å². The van der Waals surface area contributed by atoms with Crippen LogP contribution in [0, 0.1) is 5.92 Å². The second kappa shape index (κ2) is 7.60. The first kappa shape index (κ1) is 15.3. The van der Waals surface area contributed by atoms with Gasteiger partial charge >= 0.3 is 18.0 Å². The summed E-state index contributed by atoms with van der Waals surface area (Å²) in [6.45, 7) is 3.01. The predicted molar refractivity (Wildman–Crippen MR) is 66.6 cm³/mol. The van der Waals surface area contributed by atoms with E-state index >= 15 is 0 Å². The van der Waals surface area contributed by atoms with Gasteiger partial charge in [-0.1, -0.05) is 0 Å². The highest BCUT2D eigenvalue weighted by atomic mass is 16.5. The van der Waals surface area contributed by atoms with E-state index in [-0.39, 0.29) is 31.5 Å². The Balaban J connectivity index is 2.29. The smallest absolute Gasteiger partial charge is 0.317 e. The van der Waals surface area contributed by atoms with Crippen molar-refractivity contribution in [1.29, 1.82) is 0 Å². The molecular weight excluding hydrogens is 252 g/mol. The van der Waals surface area contributed by atoms with E-state index in [1.54, 1.807) is 6.92 Å². The third-order valence-corrected chi connectivity index (χ3v) is 2.97. The van der Waals surface area contributed by atoms with Crippen molar-refractivity contribution in [3.8, 4) is 0 Å². The zero-order valence-corrected chi connectivity index (χ0v) is 11.1. The first-order valence-electron chi connectivity index (χ1n) is 6.45. The summed E-state index contributed by atoms with van der Waals surface area (Å²) in [5, 5.41) is 11.5. The number of rotatable bonds is 5. The number of aliphatic carboxylic acids is 1. The second-order valence-corrected chi connectivity index (χ2v) is 4.41. The number of carboxylic acids is 1. The third-order valence-electron chi connectivity index (χ3n) is 2.97. The number of nitrogens with one attached hydrogen (secondary N) is 1. The van der Waals surface area contributed by atoms with Crippen LogP contribution >= 0.6 is 0 Å². The maximum atomic E-state index is 11.8. The van der Waals surface area contributed by atoms with Crippen molar-refractivity contribution in [3.63, 3.8) is 0 Å². The lowest BCUT2D eigenvalue weighted by Crippen LogP contribution is -2.47. The zero-order chi connectivity index (χ0) is 14.3. The monoisotopic (exact) mass is 272 g/mol. The Kier molecular flexibility index (Phi) is 6.11. The Hall–Kier alpha value is -1.79. The number of ether oxygens (including phenoxy) is 1. The van der Waals surface area contributed by atoms with Gasteiger partial charge in [-0.3, -0.25) is 9.59 Å². The average molecular weight is 272 g/mol. The van der Waals surface area contributed by atoms with Gasteiger partial charge in [-0.25, -0.2) is 4.79 Å². The van der Waals surface area contributed by atoms with Crippen LogP contribution in [0.2, 0.25) is 0 Å². The van der Waals surface area contributed by atoms with Crippen molar-refractivity contribution in [2.24, 2.45) is 5.92 Å². The number of carbonyl (C=O) groups excluding carboxylic acids is 2. The molecule has 0 aromatic carbocycles. The van der Waals surface area contributed by atoms with Gasteiger partial charge in [0, 0.05) is 19.6 Å². The molecule has 1 saturated heterocycles. The lowest BCUT2D eigenvalue weighted by Gasteiger charge is -2.30. The third kappa shape index (κ3) is 5.15. The van der Waals surface area contributed by atoms with E-state index in [0.717, 1.165) is 0 Å². The van der Waals surface area contributed by atoms with Gasteiger partial charge in [-0.2, -0.15) is 0 Å². The Bertz CT molecular complexity index is 345. The number of hydrogen-bond donors (Lipinski definition) is 2. The lowest BCUT2D eigenvalue weighted by atomic mass is 9.99. The van der Waals surface area contributed by atoms with Crippen LogP contribution in [0.3, 0.4) is 0 Å². The van der Waals surface area contributed by atoms with Crippen LogP contribution in [0.4, 0.5) is 4.79 Å². The molecular formula is C12H20N2O5. The predicted octanol–water partition coefficient (Wildman–Crippen LogP) is 0.446. The highest BCUT2D eigenvalue weighted by Crippen LogP contribution is 2.16. The molecule has 19 heavy (non-hydrogen) atoms. The number of urea groups is 1. The molecule has 0 radical (unpaired) electrons. The van der Waals surface area contributed by atoms with Crippen molar-refractivity contribution in [2.45, 2.75) is 26.2 Å². The number of esters is 1. The van der Waals surface area contributed by atoms with Gasteiger partial charge in [0.15, 0.2) is 0 Å². The van der Waals surface area contributed by atoms with E-state index in [4.69, 9.17) is 9.84 Å². The number of likely N-dealkylation sites (tertiary alicyclic amines) is 1. The van der Waals surface area contributed by atoms with Crippen LogP contribution in [-0.4, -0.2) is 54.2 Å². The fourth-order valence-corrected chi connectivity index (χ4v) is 1.98. The molecule has 1 heterocycles. The van der Waals surface area contributed by atoms with Crippen LogP contribution < -0.4 is 5.32 Å². The molecule has 1 rings (SSSR count). The van der Waals surface area contributed by atoms with Gasteiger partial charge in [0.25, 0.3) is 0 Å². The van der Waals surface area contributed by atoms with Crippen molar-refractivity contribution >= 4 is 18.0 Å². The van der Waals surface area contributed by atoms with Gasteiger partial charge in [-0.15, -0.1) is 0 Å². The maximum absolute atomic E-state index is 11.8. The van der Waals surface area contributed by atoms with Crippen molar-refractivity contribution < 1.29 is 24.2 Å². The lowest BCUT2D eigenvalue weighted by molar-refractivity contribution is -0.143. The topological polar surface area (TPSA) is 95.9 Å². The fraction of sp³-hybridized carbons (Fsp3) is 0.750. The molecule has 7 heteroatoms. The minimum absolute atomic E-state index is 0.121. The van der Waals surface area contributed by atoms with Crippen LogP contribution in [0.15, 0.2) is 0 Å². The number of hydrogen-bond acceptors (Lipinski definition) is 4. The Morgan fingerprint density at radius 3 is 2.79 bits per heavy atom.